The van der Waals surface area contributed by atoms with E-state index in [4.69, 9.17) is 4.99 Å². The number of nitrogens with zero attached hydrogens (tertiary/aromatic N) is 4. The van der Waals surface area contributed by atoms with E-state index in [9.17, 15) is 0 Å². The number of piperidine rings is 1. The highest BCUT2D eigenvalue weighted by Crippen LogP contribution is 2.16. The summed E-state index contributed by atoms with van der Waals surface area (Å²) in [5.41, 5.74) is 1.18. The van der Waals surface area contributed by atoms with Crippen LogP contribution in [0.2, 0.25) is 0 Å². The highest BCUT2D eigenvalue weighted by Gasteiger charge is 2.18. The van der Waals surface area contributed by atoms with E-state index in [1.807, 2.05) is 12.3 Å². The van der Waals surface area contributed by atoms with Crippen molar-refractivity contribution in [3.05, 3.63) is 23.1 Å². The Morgan fingerprint density at radius 1 is 1.30 bits per heavy atom. The molecule has 0 bridgehead atoms. The van der Waals surface area contributed by atoms with Crippen LogP contribution in [0.5, 0.6) is 0 Å². The molecule has 0 radical (unpaired) electrons. The van der Waals surface area contributed by atoms with Crippen molar-refractivity contribution in [3.63, 3.8) is 0 Å². The van der Waals surface area contributed by atoms with Crippen LogP contribution in [-0.4, -0.2) is 40.1 Å². The van der Waals surface area contributed by atoms with E-state index in [0.29, 0.717) is 6.04 Å². The number of fused-ring (bicyclic) bond motifs is 1. The molecule has 1 aliphatic heterocycles. The number of likely N-dealkylation sites (tertiary alicyclic amines) is 1. The molecule has 7 heteroatoms. The van der Waals surface area contributed by atoms with E-state index in [1.54, 1.807) is 11.3 Å². The zero-order valence-corrected chi connectivity index (χ0v) is 16.2. The first-order valence-corrected chi connectivity index (χ1v) is 8.76. The third kappa shape index (κ3) is 4.92. The molecule has 0 aliphatic carbocycles. The molecule has 1 saturated heterocycles. The van der Waals surface area contributed by atoms with Gasteiger partial charge < -0.3 is 9.47 Å². The quantitative estimate of drug-likeness (QED) is 0.815. The molecule has 2 aromatic heterocycles. The van der Waals surface area contributed by atoms with E-state index in [-0.39, 0.29) is 24.8 Å². The standard InChI is InChI=1S/C16H24N4S.2ClH/c1-3-4-10-20-11-7-13(8-12-20)18-16-19(2)14-6-5-9-17-15(14)21-16;;/h5-6,9,13H,3-4,7-8,10-12H2,1-2H3;2*1H. The second kappa shape index (κ2) is 9.62. The van der Waals surface area contributed by atoms with Gasteiger partial charge >= 0.3 is 0 Å². The molecule has 0 amide bonds. The van der Waals surface area contributed by atoms with E-state index in [2.05, 4.69) is 34.5 Å². The van der Waals surface area contributed by atoms with Crippen molar-refractivity contribution < 1.29 is 0 Å². The Bertz CT molecular complexity index is 659. The van der Waals surface area contributed by atoms with E-state index in [0.717, 1.165) is 9.63 Å². The molecule has 3 heterocycles. The number of aromatic nitrogens is 2. The minimum Gasteiger partial charge on any atom is -0.318 e. The molecule has 0 saturated carbocycles. The lowest BCUT2D eigenvalue weighted by Gasteiger charge is -2.29. The molecule has 23 heavy (non-hydrogen) atoms. The van der Waals surface area contributed by atoms with Gasteiger partial charge in [0.25, 0.3) is 0 Å². The van der Waals surface area contributed by atoms with Gasteiger partial charge in [-0.2, -0.15) is 0 Å². The number of thiazole rings is 1. The minimum absolute atomic E-state index is 0. The largest absolute Gasteiger partial charge is 0.318 e. The molecule has 0 spiro atoms. The van der Waals surface area contributed by atoms with Crippen molar-refractivity contribution in [3.8, 4) is 0 Å². The number of pyridine rings is 1. The first kappa shape index (κ1) is 20.4. The first-order valence-electron chi connectivity index (χ1n) is 7.94. The highest BCUT2D eigenvalue weighted by molar-refractivity contribution is 7.15. The normalized spacial score (nSPS) is 17.0. The summed E-state index contributed by atoms with van der Waals surface area (Å²) in [4.78, 5) is 14.2. The molecule has 2 aromatic rings. The number of halogens is 2. The SMILES string of the molecule is CCCCN1CCC(N=c2sc3ncccc3n2C)CC1.Cl.Cl. The Morgan fingerprint density at radius 2 is 2.04 bits per heavy atom. The summed E-state index contributed by atoms with van der Waals surface area (Å²) in [6, 6.07) is 4.58. The summed E-state index contributed by atoms with van der Waals surface area (Å²) >= 11 is 1.70. The van der Waals surface area contributed by atoms with Crippen molar-refractivity contribution in [1.82, 2.24) is 14.5 Å². The van der Waals surface area contributed by atoms with Crippen LogP contribution in [0.4, 0.5) is 0 Å². The lowest BCUT2D eigenvalue weighted by molar-refractivity contribution is 0.210. The van der Waals surface area contributed by atoms with Crippen molar-refractivity contribution in [2.24, 2.45) is 12.0 Å². The molecule has 1 aliphatic rings. The molecule has 0 unspecified atom stereocenters. The summed E-state index contributed by atoms with van der Waals surface area (Å²) in [5, 5.41) is 0. The summed E-state index contributed by atoms with van der Waals surface area (Å²) in [5.74, 6) is 0. The van der Waals surface area contributed by atoms with Gasteiger partial charge in [-0.25, -0.2) is 4.98 Å². The Morgan fingerprint density at radius 3 is 2.70 bits per heavy atom. The third-order valence-electron chi connectivity index (χ3n) is 4.27. The van der Waals surface area contributed by atoms with Crippen molar-refractivity contribution >= 4 is 46.5 Å². The zero-order valence-electron chi connectivity index (χ0n) is 13.8. The Labute approximate surface area is 154 Å². The van der Waals surface area contributed by atoms with Crippen molar-refractivity contribution in [2.45, 2.75) is 38.6 Å². The Kier molecular flexibility index (Phi) is 8.54. The van der Waals surface area contributed by atoms with Crippen LogP contribution in [-0.2, 0) is 7.05 Å². The number of aryl methyl sites for hydroxylation is 1. The first-order chi connectivity index (χ1) is 10.3. The molecule has 3 rings (SSSR count). The van der Waals surface area contributed by atoms with Crippen LogP contribution in [0, 0.1) is 0 Å². The summed E-state index contributed by atoms with van der Waals surface area (Å²) in [7, 11) is 2.09. The maximum atomic E-state index is 4.98. The van der Waals surface area contributed by atoms with Gasteiger partial charge in [-0.05, 0) is 37.9 Å². The molecule has 0 N–H and O–H groups in total. The lowest BCUT2D eigenvalue weighted by Crippen LogP contribution is -2.36. The van der Waals surface area contributed by atoms with Crippen LogP contribution < -0.4 is 4.80 Å². The molecular formula is C16H26Cl2N4S. The summed E-state index contributed by atoms with van der Waals surface area (Å²) < 4.78 is 2.18. The predicted octanol–water partition coefficient (Wildman–Crippen LogP) is 3.64. The van der Waals surface area contributed by atoms with E-state index < -0.39 is 0 Å². The van der Waals surface area contributed by atoms with Gasteiger partial charge in [-0.3, -0.25) is 4.99 Å². The Balaban J connectivity index is 0.00000132. The van der Waals surface area contributed by atoms with Crippen LogP contribution >= 0.6 is 36.2 Å². The maximum Gasteiger partial charge on any atom is 0.187 e. The zero-order chi connectivity index (χ0) is 14.7. The number of hydrogen-bond donors (Lipinski definition) is 0. The van der Waals surface area contributed by atoms with Crippen molar-refractivity contribution in [2.75, 3.05) is 19.6 Å². The van der Waals surface area contributed by atoms with Gasteiger partial charge in [0, 0.05) is 26.3 Å². The van der Waals surface area contributed by atoms with Crippen LogP contribution in [0.3, 0.4) is 0 Å². The topological polar surface area (TPSA) is 33.4 Å². The van der Waals surface area contributed by atoms with Gasteiger partial charge in [0.05, 0.1) is 11.6 Å². The smallest absolute Gasteiger partial charge is 0.187 e. The van der Waals surface area contributed by atoms with Crippen LogP contribution in [0.15, 0.2) is 23.3 Å². The van der Waals surface area contributed by atoms with Crippen LogP contribution in [0.1, 0.15) is 32.6 Å². The maximum absolute atomic E-state index is 4.98. The molecule has 130 valence electrons. The number of hydrogen-bond acceptors (Lipinski definition) is 4. The molecule has 4 nitrogen and oxygen atoms in total. The second-order valence-corrected chi connectivity index (χ2v) is 6.78. The van der Waals surface area contributed by atoms with Gasteiger partial charge in [0.15, 0.2) is 4.80 Å². The van der Waals surface area contributed by atoms with E-state index >= 15 is 0 Å². The second-order valence-electron chi connectivity index (χ2n) is 5.83. The number of rotatable bonds is 4. The van der Waals surface area contributed by atoms with Gasteiger partial charge in [0.2, 0.25) is 0 Å². The predicted molar refractivity (Wildman–Crippen MR) is 103 cm³/mol. The fourth-order valence-electron chi connectivity index (χ4n) is 2.90. The van der Waals surface area contributed by atoms with Gasteiger partial charge in [-0.15, -0.1) is 24.8 Å². The highest BCUT2D eigenvalue weighted by atomic mass is 35.5. The van der Waals surface area contributed by atoms with Gasteiger partial charge in [-0.1, -0.05) is 24.7 Å². The molecular weight excluding hydrogens is 351 g/mol. The average molecular weight is 377 g/mol. The lowest BCUT2D eigenvalue weighted by atomic mass is 10.1. The van der Waals surface area contributed by atoms with Gasteiger partial charge in [0.1, 0.15) is 4.83 Å². The fraction of sp³-hybridized carbons (Fsp3) is 0.625. The fourth-order valence-corrected chi connectivity index (χ4v) is 3.93. The summed E-state index contributed by atoms with van der Waals surface area (Å²) in [6.45, 7) is 5.91. The van der Waals surface area contributed by atoms with Crippen LogP contribution in [0.25, 0.3) is 10.3 Å². The molecule has 1 fully saturated rings. The molecule has 0 atom stereocenters. The Hall–Kier alpha value is -0.620. The minimum atomic E-state index is 0. The monoisotopic (exact) mass is 376 g/mol. The van der Waals surface area contributed by atoms with Crippen molar-refractivity contribution in [1.29, 1.82) is 0 Å². The third-order valence-corrected chi connectivity index (χ3v) is 5.34. The number of unbranched alkanes of at least 4 members (excludes halogenated alkanes) is 1. The summed E-state index contributed by atoms with van der Waals surface area (Å²) in [6.07, 6.45) is 6.83. The molecule has 0 aromatic carbocycles. The average Bonchev–Trinajstić information content (AvgIpc) is 2.83. The van der Waals surface area contributed by atoms with E-state index in [1.165, 1.54) is 50.8 Å².